The minimum atomic E-state index is -0.313. The summed E-state index contributed by atoms with van der Waals surface area (Å²) in [5, 5.41) is 2.84. The predicted octanol–water partition coefficient (Wildman–Crippen LogP) is 2.90. The summed E-state index contributed by atoms with van der Waals surface area (Å²) in [4.78, 5) is 11.1. The molecule has 1 saturated heterocycles. The number of rotatable bonds is 1. The van der Waals surface area contributed by atoms with E-state index >= 15 is 0 Å². The summed E-state index contributed by atoms with van der Waals surface area (Å²) in [5.41, 5.74) is 3.63. The van der Waals surface area contributed by atoms with Crippen LogP contribution in [-0.2, 0) is 4.74 Å². The highest BCUT2D eigenvalue weighted by atomic mass is 35.5. The molecule has 0 aliphatic carbocycles. The second-order valence-electron chi connectivity index (χ2n) is 3.98. The van der Waals surface area contributed by atoms with E-state index in [2.05, 4.69) is 37.4 Å². The Morgan fingerprint density at radius 2 is 2.12 bits per heavy atom. The van der Waals surface area contributed by atoms with Gasteiger partial charge in [-0.05, 0) is 25.0 Å². The zero-order valence-corrected chi connectivity index (χ0v) is 10.3. The molecule has 1 aromatic carbocycles. The molecule has 1 atom stereocenters. The molecule has 0 spiro atoms. The van der Waals surface area contributed by atoms with Gasteiger partial charge in [0.1, 0.15) is 0 Å². The Bertz CT molecular complexity index is 393. The number of ether oxygens (including phenoxy) is 1. The van der Waals surface area contributed by atoms with E-state index in [1.807, 2.05) is 0 Å². The molecule has 1 heterocycles. The first-order chi connectivity index (χ1) is 7.16. The number of halogens is 1. The monoisotopic (exact) mass is 241 g/mol. The summed E-state index contributed by atoms with van der Waals surface area (Å²) in [7, 11) is 0. The lowest BCUT2D eigenvalue weighted by atomic mass is 9.96. The zero-order chi connectivity index (χ0) is 10.8. The Morgan fingerprint density at radius 3 is 2.81 bits per heavy atom. The Morgan fingerprint density at radius 1 is 1.38 bits per heavy atom. The first-order valence-electron chi connectivity index (χ1n) is 5.17. The molecule has 3 nitrogen and oxygen atoms in total. The highest BCUT2D eigenvalue weighted by molar-refractivity contribution is 5.85. The molecule has 16 heavy (non-hydrogen) atoms. The lowest BCUT2D eigenvalue weighted by Crippen LogP contribution is -2.35. The molecule has 1 aromatic rings. The van der Waals surface area contributed by atoms with Crippen molar-refractivity contribution in [2.45, 2.75) is 26.3 Å². The Kier molecular flexibility index (Phi) is 4.19. The first-order valence-corrected chi connectivity index (χ1v) is 5.17. The van der Waals surface area contributed by atoms with Gasteiger partial charge in [-0.2, -0.15) is 0 Å². The fraction of sp³-hybridized carbons (Fsp3) is 0.417. The summed E-state index contributed by atoms with van der Waals surface area (Å²) >= 11 is 0. The highest BCUT2D eigenvalue weighted by Crippen LogP contribution is 2.24. The lowest BCUT2D eigenvalue weighted by molar-refractivity contribution is 0.115. The minimum Gasteiger partial charge on any atom is -0.449 e. The number of nitrogens with one attached hydrogen (secondary N) is 1. The van der Waals surface area contributed by atoms with Crippen molar-refractivity contribution in [3.8, 4) is 0 Å². The van der Waals surface area contributed by atoms with Gasteiger partial charge in [0.05, 0.1) is 12.6 Å². The van der Waals surface area contributed by atoms with Gasteiger partial charge in [-0.1, -0.05) is 23.8 Å². The molecule has 1 amide bonds. The Balaban J connectivity index is 0.00000128. The fourth-order valence-electron chi connectivity index (χ4n) is 1.89. The summed E-state index contributed by atoms with van der Waals surface area (Å²) in [6.07, 6.45) is 0.530. The van der Waals surface area contributed by atoms with Crippen LogP contribution in [0.2, 0.25) is 0 Å². The molecular weight excluding hydrogens is 226 g/mol. The SMILES string of the molecule is Cc1ccc(C)c([C@H]2CCOC(=O)N2)c1.Cl. The molecule has 1 fully saturated rings. The molecule has 4 heteroatoms. The van der Waals surface area contributed by atoms with Gasteiger partial charge in [0, 0.05) is 6.42 Å². The molecule has 88 valence electrons. The third-order valence-corrected chi connectivity index (χ3v) is 2.74. The molecule has 1 aliphatic heterocycles. The van der Waals surface area contributed by atoms with E-state index in [1.165, 1.54) is 16.7 Å². The quantitative estimate of drug-likeness (QED) is 0.821. The van der Waals surface area contributed by atoms with Crippen molar-refractivity contribution in [1.82, 2.24) is 5.32 Å². The second kappa shape index (κ2) is 5.21. The summed E-state index contributed by atoms with van der Waals surface area (Å²) in [5.74, 6) is 0. The molecule has 0 bridgehead atoms. The maximum atomic E-state index is 11.1. The van der Waals surface area contributed by atoms with Crippen LogP contribution in [0.4, 0.5) is 4.79 Å². The largest absolute Gasteiger partial charge is 0.449 e. The number of aryl methyl sites for hydroxylation is 2. The average molecular weight is 242 g/mol. The van der Waals surface area contributed by atoms with Gasteiger partial charge in [0.25, 0.3) is 0 Å². The molecule has 1 N–H and O–H groups in total. The van der Waals surface area contributed by atoms with Crippen molar-refractivity contribution in [3.05, 3.63) is 34.9 Å². The minimum absolute atomic E-state index is 0. The van der Waals surface area contributed by atoms with E-state index in [1.54, 1.807) is 0 Å². The molecule has 1 aliphatic rings. The van der Waals surface area contributed by atoms with Gasteiger partial charge in [-0.25, -0.2) is 4.79 Å². The first kappa shape index (κ1) is 12.8. The van der Waals surface area contributed by atoms with Crippen LogP contribution in [0.15, 0.2) is 18.2 Å². The van der Waals surface area contributed by atoms with E-state index in [4.69, 9.17) is 4.74 Å². The maximum absolute atomic E-state index is 11.1. The topological polar surface area (TPSA) is 38.3 Å². The third kappa shape index (κ3) is 2.67. The zero-order valence-electron chi connectivity index (χ0n) is 9.45. The molecule has 0 unspecified atom stereocenters. The van der Waals surface area contributed by atoms with Gasteiger partial charge in [0.2, 0.25) is 0 Å². The standard InChI is InChI=1S/C12H15NO2.ClH/c1-8-3-4-9(2)10(7-8)11-5-6-15-12(14)13-11;/h3-4,7,11H,5-6H2,1-2H3,(H,13,14);1H/t11-;/m1./s1. The van der Waals surface area contributed by atoms with E-state index in [0.29, 0.717) is 6.61 Å². The summed E-state index contributed by atoms with van der Waals surface area (Å²) in [6.45, 7) is 4.63. The van der Waals surface area contributed by atoms with Crippen LogP contribution in [-0.4, -0.2) is 12.7 Å². The van der Waals surface area contributed by atoms with Crippen LogP contribution in [0.5, 0.6) is 0 Å². The molecule has 0 aromatic heterocycles. The Labute approximate surface area is 102 Å². The van der Waals surface area contributed by atoms with Gasteiger partial charge in [-0.3, -0.25) is 0 Å². The lowest BCUT2D eigenvalue weighted by Gasteiger charge is -2.25. The summed E-state index contributed by atoms with van der Waals surface area (Å²) in [6, 6.07) is 6.41. The van der Waals surface area contributed by atoms with E-state index in [9.17, 15) is 4.79 Å². The van der Waals surface area contributed by atoms with Crippen LogP contribution >= 0.6 is 12.4 Å². The van der Waals surface area contributed by atoms with Gasteiger partial charge in [0.15, 0.2) is 0 Å². The molecule has 0 radical (unpaired) electrons. The van der Waals surface area contributed by atoms with Gasteiger partial charge in [-0.15, -0.1) is 12.4 Å². The van der Waals surface area contributed by atoms with Gasteiger partial charge >= 0.3 is 6.09 Å². The molecule has 2 rings (SSSR count). The maximum Gasteiger partial charge on any atom is 0.407 e. The van der Waals surface area contributed by atoms with E-state index in [-0.39, 0.29) is 24.5 Å². The molecule has 0 saturated carbocycles. The fourth-order valence-corrected chi connectivity index (χ4v) is 1.89. The summed E-state index contributed by atoms with van der Waals surface area (Å²) < 4.78 is 4.85. The second-order valence-corrected chi connectivity index (χ2v) is 3.98. The number of carbonyl (C=O) groups is 1. The van der Waals surface area contributed by atoms with Crippen LogP contribution < -0.4 is 5.32 Å². The van der Waals surface area contributed by atoms with Crippen LogP contribution in [0.25, 0.3) is 0 Å². The number of alkyl carbamates (subject to hydrolysis) is 1. The van der Waals surface area contributed by atoms with Crippen molar-refractivity contribution in [2.75, 3.05) is 6.61 Å². The van der Waals surface area contributed by atoms with Crippen LogP contribution in [0.1, 0.15) is 29.2 Å². The number of carbonyl (C=O) groups excluding carboxylic acids is 1. The number of cyclic esters (lactones) is 1. The van der Waals surface area contributed by atoms with Crippen molar-refractivity contribution in [2.24, 2.45) is 0 Å². The molecular formula is C12H16ClNO2. The third-order valence-electron chi connectivity index (χ3n) is 2.74. The normalized spacial score (nSPS) is 19.4. The van der Waals surface area contributed by atoms with Gasteiger partial charge < -0.3 is 10.1 Å². The Hall–Kier alpha value is -1.22. The number of hydrogen-bond acceptors (Lipinski definition) is 2. The van der Waals surface area contributed by atoms with Crippen molar-refractivity contribution < 1.29 is 9.53 Å². The average Bonchev–Trinajstić information content (AvgIpc) is 2.22. The van der Waals surface area contributed by atoms with Crippen molar-refractivity contribution in [3.63, 3.8) is 0 Å². The van der Waals surface area contributed by atoms with Crippen LogP contribution in [0, 0.1) is 13.8 Å². The van der Waals surface area contributed by atoms with Crippen LogP contribution in [0.3, 0.4) is 0 Å². The van der Waals surface area contributed by atoms with Crippen molar-refractivity contribution in [1.29, 1.82) is 0 Å². The number of amides is 1. The van der Waals surface area contributed by atoms with E-state index in [0.717, 1.165) is 6.42 Å². The smallest absolute Gasteiger partial charge is 0.407 e. The highest BCUT2D eigenvalue weighted by Gasteiger charge is 2.21. The van der Waals surface area contributed by atoms with Crippen molar-refractivity contribution >= 4 is 18.5 Å². The number of hydrogen-bond donors (Lipinski definition) is 1. The number of benzene rings is 1. The van der Waals surface area contributed by atoms with E-state index < -0.39 is 0 Å². The predicted molar refractivity (Wildman–Crippen MR) is 65.0 cm³/mol.